The number of ether oxygens (including phenoxy) is 1. The molecule has 4 aromatic carbocycles. The fraction of sp³-hybridized carbons (Fsp3) is 0.297. The molecule has 8 nitrogen and oxygen atoms in total. The highest BCUT2D eigenvalue weighted by Crippen LogP contribution is 2.37. The molecular formula is C37H37ClF3N3O5S. The number of carbonyl (C=O) groups is 2. The maximum Gasteiger partial charge on any atom is 0.416 e. The molecule has 0 heterocycles. The largest absolute Gasteiger partial charge is 0.497 e. The molecule has 2 amide bonds. The van der Waals surface area contributed by atoms with Gasteiger partial charge in [-0.1, -0.05) is 85.1 Å². The lowest BCUT2D eigenvalue weighted by Gasteiger charge is -2.34. The Kier molecular flexibility index (Phi) is 11.7. The van der Waals surface area contributed by atoms with Crippen LogP contribution in [-0.4, -0.2) is 50.9 Å². The van der Waals surface area contributed by atoms with Crippen LogP contribution >= 0.6 is 11.6 Å². The van der Waals surface area contributed by atoms with Crippen LogP contribution < -0.4 is 14.4 Å². The molecule has 1 fully saturated rings. The monoisotopic (exact) mass is 727 g/mol. The molecule has 0 radical (unpaired) electrons. The number of rotatable bonds is 13. The van der Waals surface area contributed by atoms with Crippen LogP contribution in [0.4, 0.5) is 18.9 Å². The van der Waals surface area contributed by atoms with Gasteiger partial charge in [-0.3, -0.25) is 13.9 Å². The number of methoxy groups -OCH3 is 1. The van der Waals surface area contributed by atoms with E-state index in [0.717, 1.165) is 43.4 Å². The predicted octanol–water partition coefficient (Wildman–Crippen LogP) is 7.26. The molecule has 1 unspecified atom stereocenters. The highest BCUT2D eigenvalue weighted by Gasteiger charge is 2.38. The Hall–Kier alpha value is -4.55. The van der Waals surface area contributed by atoms with E-state index in [-0.39, 0.29) is 28.9 Å². The summed E-state index contributed by atoms with van der Waals surface area (Å²) in [4.78, 5) is 29.8. The molecule has 50 heavy (non-hydrogen) atoms. The Morgan fingerprint density at radius 3 is 2.18 bits per heavy atom. The molecule has 5 rings (SSSR count). The molecule has 4 aromatic rings. The second kappa shape index (κ2) is 16.0. The SMILES string of the molecule is COc1cccc(CN(C(=O)CN(c2cc(C(F)(F)F)ccc2Cl)S(=O)(=O)c2ccccc2)C(Cc2ccccc2)C(=O)NC2CCCC2)c1. The fourth-order valence-corrected chi connectivity index (χ4v) is 7.72. The Labute approximate surface area is 294 Å². The van der Waals surface area contributed by atoms with Crippen LogP contribution in [0.25, 0.3) is 0 Å². The molecule has 1 N–H and O–H groups in total. The van der Waals surface area contributed by atoms with Crippen molar-refractivity contribution >= 4 is 39.1 Å². The number of halogens is 4. The van der Waals surface area contributed by atoms with Crippen LogP contribution in [0.3, 0.4) is 0 Å². The van der Waals surface area contributed by atoms with E-state index in [9.17, 15) is 31.2 Å². The number of amides is 2. The summed E-state index contributed by atoms with van der Waals surface area (Å²) in [6.07, 6.45) is -1.28. The molecule has 13 heteroatoms. The van der Waals surface area contributed by atoms with Crippen molar-refractivity contribution in [2.75, 3.05) is 18.0 Å². The second-order valence-corrected chi connectivity index (χ2v) is 14.3. The lowest BCUT2D eigenvalue weighted by Crippen LogP contribution is -2.54. The minimum atomic E-state index is -4.83. The molecule has 264 valence electrons. The number of alkyl halides is 3. The van der Waals surface area contributed by atoms with E-state index < -0.39 is 51.9 Å². The van der Waals surface area contributed by atoms with E-state index in [1.807, 2.05) is 18.2 Å². The summed E-state index contributed by atoms with van der Waals surface area (Å²) in [6, 6.07) is 24.1. The quantitative estimate of drug-likeness (QED) is 0.157. The lowest BCUT2D eigenvalue weighted by atomic mass is 10.0. The van der Waals surface area contributed by atoms with Crippen LogP contribution in [0.5, 0.6) is 5.75 Å². The zero-order valence-electron chi connectivity index (χ0n) is 27.3. The Bertz CT molecular complexity index is 1890. The summed E-state index contributed by atoms with van der Waals surface area (Å²) in [5.74, 6) is -0.760. The van der Waals surface area contributed by atoms with E-state index >= 15 is 0 Å². The normalized spacial score (nSPS) is 14.2. The predicted molar refractivity (Wildman–Crippen MR) is 185 cm³/mol. The molecule has 1 aliphatic carbocycles. The smallest absolute Gasteiger partial charge is 0.416 e. The fourth-order valence-electron chi connectivity index (χ4n) is 6.00. The minimum Gasteiger partial charge on any atom is -0.497 e. The van der Waals surface area contributed by atoms with E-state index in [0.29, 0.717) is 21.7 Å². The molecular weight excluding hydrogens is 691 g/mol. The topological polar surface area (TPSA) is 96.0 Å². The van der Waals surface area contributed by atoms with Crippen LogP contribution in [0.1, 0.15) is 42.4 Å². The van der Waals surface area contributed by atoms with E-state index in [2.05, 4.69) is 5.32 Å². The summed E-state index contributed by atoms with van der Waals surface area (Å²) >= 11 is 6.40. The number of hydrogen-bond donors (Lipinski definition) is 1. The number of sulfonamides is 1. The second-order valence-electron chi connectivity index (χ2n) is 12.1. The Balaban J connectivity index is 1.62. The van der Waals surface area contributed by atoms with Crippen molar-refractivity contribution in [3.05, 3.63) is 125 Å². The highest BCUT2D eigenvalue weighted by atomic mass is 35.5. The molecule has 1 saturated carbocycles. The van der Waals surface area contributed by atoms with Crippen LogP contribution in [-0.2, 0) is 38.8 Å². The van der Waals surface area contributed by atoms with Gasteiger partial charge in [0.15, 0.2) is 0 Å². The van der Waals surface area contributed by atoms with Crippen molar-refractivity contribution in [3.8, 4) is 5.75 Å². The lowest BCUT2D eigenvalue weighted by molar-refractivity contribution is -0.140. The first-order chi connectivity index (χ1) is 23.9. The maximum atomic E-state index is 14.7. The summed E-state index contributed by atoms with van der Waals surface area (Å²) in [7, 11) is -3.17. The van der Waals surface area contributed by atoms with Gasteiger partial charge in [-0.25, -0.2) is 8.42 Å². The van der Waals surface area contributed by atoms with Crippen molar-refractivity contribution in [3.63, 3.8) is 0 Å². The van der Waals surface area contributed by atoms with Crippen molar-refractivity contribution in [1.29, 1.82) is 0 Å². The maximum absolute atomic E-state index is 14.7. The molecule has 0 bridgehead atoms. The van der Waals surface area contributed by atoms with Gasteiger partial charge in [-0.15, -0.1) is 0 Å². The Morgan fingerprint density at radius 1 is 0.900 bits per heavy atom. The first-order valence-electron chi connectivity index (χ1n) is 16.1. The molecule has 1 aliphatic rings. The zero-order valence-corrected chi connectivity index (χ0v) is 28.8. The van der Waals surface area contributed by atoms with Crippen LogP contribution in [0, 0.1) is 0 Å². The number of nitrogens with zero attached hydrogens (tertiary/aromatic N) is 2. The molecule has 0 saturated heterocycles. The summed E-state index contributed by atoms with van der Waals surface area (Å²) in [6.45, 7) is -1.09. The molecule has 0 aliphatic heterocycles. The third-order valence-corrected chi connectivity index (χ3v) is 10.7. The molecule has 1 atom stereocenters. The average molecular weight is 728 g/mol. The Morgan fingerprint density at radius 2 is 1.54 bits per heavy atom. The van der Waals surface area contributed by atoms with E-state index in [1.165, 1.54) is 36.3 Å². The number of benzene rings is 4. The van der Waals surface area contributed by atoms with E-state index in [1.54, 1.807) is 42.5 Å². The van der Waals surface area contributed by atoms with Gasteiger partial charge >= 0.3 is 6.18 Å². The highest BCUT2D eigenvalue weighted by molar-refractivity contribution is 7.92. The average Bonchev–Trinajstić information content (AvgIpc) is 3.62. The number of anilines is 1. The number of hydrogen-bond acceptors (Lipinski definition) is 5. The van der Waals surface area contributed by atoms with Gasteiger partial charge in [0.2, 0.25) is 11.8 Å². The van der Waals surface area contributed by atoms with Gasteiger partial charge in [0.05, 0.1) is 28.3 Å². The van der Waals surface area contributed by atoms with Gasteiger partial charge in [-0.2, -0.15) is 13.2 Å². The van der Waals surface area contributed by atoms with Crippen molar-refractivity contribution in [2.24, 2.45) is 0 Å². The number of carbonyl (C=O) groups excluding carboxylic acids is 2. The third kappa shape index (κ3) is 8.97. The van der Waals surface area contributed by atoms with Crippen molar-refractivity contribution in [2.45, 2.75) is 61.8 Å². The van der Waals surface area contributed by atoms with Gasteiger partial charge in [0.1, 0.15) is 18.3 Å². The third-order valence-electron chi connectivity index (χ3n) is 8.61. The van der Waals surface area contributed by atoms with Crippen molar-refractivity contribution < 1.29 is 35.9 Å². The standard InChI is InChI=1S/C37H37ClF3N3O5S/c1-49-30-16-10-13-27(21-30)24-43(34(22-26-11-4-2-5-12-26)36(46)42-29-14-8-9-15-29)35(45)25-44(50(47,48)31-17-6-3-7-18-31)33-23-28(37(39,40)41)19-20-32(33)38/h2-7,10-13,16-21,23,29,34H,8-9,14-15,22,24-25H2,1H3,(H,42,46). The van der Waals surface area contributed by atoms with Gasteiger partial charge in [0, 0.05) is 19.0 Å². The van der Waals surface area contributed by atoms with Gasteiger partial charge in [-0.05, 0) is 66.4 Å². The zero-order chi connectivity index (χ0) is 35.9. The van der Waals surface area contributed by atoms with Crippen LogP contribution in [0.15, 0.2) is 108 Å². The molecule has 0 aromatic heterocycles. The summed E-state index contributed by atoms with van der Waals surface area (Å²) in [5.41, 5.74) is -0.352. The summed E-state index contributed by atoms with van der Waals surface area (Å²) in [5, 5.41) is 2.77. The number of nitrogens with one attached hydrogen (secondary N) is 1. The van der Waals surface area contributed by atoms with Gasteiger partial charge < -0.3 is 15.0 Å². The first-order valence-corrected chi connectivity index (χ1v) is 17.9. The van der Waals surface area contributed by atoms with Gasteiger partial charge in [0.25, 0.3) is 10.0 Å². The van der Waals surface area contributed by atoms with Crippen LogP contribution in [0.2, 0.25) is 5.02 Å². The molecule has 0 spiro atoms. The summed E-state index contributed by atoms with van der Waals surface area (Å²) < 4.78 is 76.1. The minimum absolute atomic E-state index is 0.0881. The first kappa shape index (κ1) is 36.7. The van der Waals surface area contributed by atoms with E-state index in [4.69, 9.17) is 16.3 Å². The van der Waals surface area contributed by atoms with Crippen molar-refractivity contribution in [1.82, 2.24) is 10.2 Å².